The Morgan fingerprint density at radius 1 is 0.969 bits per heavy atom. The van der Waals surface area contributed by atoms with E-state index in [1.165, 1.54) is 31.5 Å². The Morgan fingerprint density at radius 3 is 2.34 bits per heavy atom. The first-order valence-electron chi connectivity index (χ1n) is 12.6. The molecule has 32 heavy (non-hydrogen) atoms. The third-order valence-electron chi connectivity index (χ3n) is 8.32. The number of hydrogen-bond acceptors (Lipinski definition) is 4. The lowest BCUT2D eigenvalue weighted by Gasteiger charge is -2.47. The molecule has 174 valence electrons. The maximum atomic E-state index is 13.3. The lowest BCUT2D eigenvalue weighted by molar-refractivity contribution is -0.134. The Balaban J connectivity index is 1.24. The summed E-state index contributed by atoms with van der Waals surface area (Å²) in [5, 5.41) is 0. The van der Waals surface area contributed by atoms with Crippen LogP contribution in [0.4, 0.5) is 0 Å². The van der Waals surface area contributed by atoms with Crippen molar-refractivity contribution >= 4 is 11.8 Å². The van der Waals surface area contributed by atoms with E-state index in [9.17, 15) is 9.59 Å². The highest BCUT2D eigenvalue weighted by Crippen LogP contribution is 2.46. The van der Waals surface area contributed by atoms with Crippen LogP contribution in [0.1, 0.15) is 69.8 Å². The van der Waals surface area contributed by atoms with E-state index in [-0.39, 0.29) is 17.4 Å². The quantitative estimate of drug-likeness (QED) is 0.724. The fourth-order valence-corrected chi connectivity index (χ4v) is 6.39. The average molecular weight is 440 g/mol. The van der Waals surface area contributed by atoms with E-state index in [1.807, 2.05) is 17.0 Å². The van der Waals surface area contributed by atoms with Gasteiger partial charge < -0.3 is 19.4 Å². The van der Waals surface area contributed by atoms with Crippen LogP contribution in [0.25, 0.3) is 0 Å². The monoisotopic (exact) mass is 439 g/mol. The lowest BCUT2D eigenvalue weighted by Crippen LogP contribution is -2.52. The van der Waals surface area contributed by atoms with Crippen LogP contribution >= 0.6 is 0 Å². The Kier molecular flexibility index (Phi) is 6.15. The van der Waals surface area contributed by atoms with Crippen molar-refractivity contribution in [2.45, 2.75) is 75.9 Å². The molecule has 1 spiro atoms. The second-order valence-electron chi connectivity index (χ2n) is 10.3. The molecule has 1 atom stereocenters. The molecule has 1 aromatic carbocycles. The maximum Gasteiger partial charge on any atom is 0.223 e. The van der Waals surface area contributed by atoms with Gasteiger partial charge in [-0.25, -0.2) is 0 Å². The smallest absolute Gasteiger partial charge is 0.223 e. The van der Waals surface area contributed by atoms with Crippen LogP contribution in [0, 0.1) is 0 Å². The SMILES string of the molecule is CC(=O)N1CCC2(CC1)CC(CC(=O)N1CCC(N3CCCC3)CC1)c1ccccc1O2. The summed E-state index contributed by atoms with van der Waals surface area (Å²) in [7, 11) is 0. The molecule has 4 heterocycles. The van der Waals surface area contributed by atoms with Crippen LogP contribution < -0.4 is 4.74 Å². The summed E-state index contributed by atoms with van der Waals surface area (Å²) in [6.45, 7) is 7.38. The highest BCUT2D eigenvalue weighted by atomic mass is 16.5. The van der Waals surface area contributed by atoms with Gasteiger partial charge in [-0.05, 0) is 56.8 Å². The molecule has 0 N–H and O–H groups in total. The van der Waals surface area contributed by atoms with Gasteiger partial charge in [-0.3, -0.25) is 9.59 Å². The number of piperidine rings is 2. The van der Waals surface area contributed by atoms with Crippen molar-refractivity contribution in [1.82, 2.24) is 14.7 Å². The second kappa shape index (κ2) is 9.05. The fourth-order valence-electron chi connectivity index (χ4n) is 6.39. The molecule has 1 aromatic rings. The Hall–Kier alpha value is -2.08. The molecule has 4 aliphatic heterocycles. The van der Waals surface area contributed by atoms with Gasteiger partial charge in [-0.15, -0.1) is 0 Å². The van der Waals surface area contributed by atoms with Crippen molar-refractivity contribution in [2.24, 2.45) is 0 Å². The van der Waals surface area contributed by atoms with Gasteiger partial charge in [0.25, 0.3) is 0 Å². The molecule has 0 saturated carbocycles. The summed E-state index contributed by atoms with van der Waals surface area (Å²) in [5.74, 6) is 1.55. The van der Waals surface area contributed by atoms with Crippen LogP contribution in [0.3, 0.4) is 0 Å². The molecule has 0 bridgehead atoms. The molecule has 4 aliphatic rings. The van der Waals surface area contributed by atoms with E-state index in [2.05, 4.69) is 21.9 Å². The fraction of sp³-hybridized carbons (Fsp3) is 0.692. The van der Waals surface area contributed by atoms with Crippen molar-refractivity contribution in [2.75, 3.05) is 39.3 Å². The van der Waals surface area contributed by atoms with Crippen LogP contribution in [-0.4, -0.2) is 77.4 Å². The first kappa shape index (κ1) is 21.7. The number of amides is 2. The van der Waals surface area contributed by atoms with Gasteiger partial charge in [0.15, 0.2) is 0 Å². The summed E-state index contributed by atoms with van der Waals surface area (Å²) in [5.41, 5.74) is 0.918. The number of fused-ring (bicyclic) bond motifs is 1. The minimum Gasteiger partial charge on any atom is -0.487 e. The topological polar surface area (TPSA) is 53.1 Å². The summed E-state index contributed by atoms with van der Waals surface area (Å²) in [6, 6.07) is 8.92. The standard InChI is InChI=1S/C26H37N3O3/c1-20(30)27-16-10-26(11-17-27)19-21(23-6-2-3-7-24(23)32-26)18-25(31)29-14-8-22(9-15-29)28-12-4-5-13-28/h2-3,6-7,21-22H,4-5,8-19H2,1H3. The highest BCUT2D eigenvalue weighted by Gasteiger charge is 2.44. The van der Waals surface area contributed by atoms with E-state index >= 15 is 0 Å². The van der Waals surface area contributed by atoms with Crippen molar-refractivity contribution < 1.29 is 14.3 Å². The van der Waals surface area contributed by atoms with Gasteiger partial charge in [-0.2, -0.15) is 0 Å². The second-order valence-corrected chi connectivity index (χ2v) is 10.3. The molecule has 1 unspecified atom stereocenters. The van der Waals surface area contributed by atoms with Crippen molar-refractivity contribution in [3.63, 3.8) is 0 Å². The zero-order chi connectivity index (χ0) is 22.1. The lowest BCUT2D eigenvalue weighted by atomic mass is 9.76. The van der Waals surface area contributed by atoms with E-state index in [4.69, 9.17) is 4.74 Å². The molecular formula is C26H37N3O3. The number of carbonyl (C=O) groups excluding carboxylic acids is 2. The van der Waals surface area contributed by atoms with Crippen molar-refractivity contribution in [1.29, 1.82) is 0 Å². The Labute approximate surface area is 191 Å². The molecule has 6 heteroatoms. The van der Waals surface area contributed by atoms with Crippen LogP contribution in [0.2, 0.25) is 0 Å². The molecule has 0 aliphatic carbocycles. The number of ether oxygens (including phenoxy) is 1. The largest absolute Gasteiger partial charge is 0.487 e. The van der Waals surface area contributed by atoms with Crippen molar-refractivity contribution in [3.8, 4) is 5.75 Å². The minimum absolute atomic E-state index is 0.139. The molecule has 0 aromatic heterocycles. The van der Waals surface area contributed by atoms with Gasteiger partial charge in [0.2, 0.25) is 11.8 Å². The molecule has 3 saturated heterocycles. The van der Waals surface area contributed by atoms with Gasteiger partial charge in [0, 0.05) is 64.3 Å². The summed E-state index contributed by atoms with van der Waals surface area (Å²) < 4.78 is 6.55. The third-order valence-corrected chi connectivity index (χ3v) is 8.32. The van der Waals surface area contributed by atoms with Gasteiger partial charge in [0.1, 0.15) is 11.4 Å². The average Bonchev–Trinajstić information content (AvgIpc) is 3.34. The van der Waals surface area contributed by atoms with Crippen LogP contribution in [-0.2, 0) is 9.59 Å². The number of benzene rings is 1. The summed E-state index contributed by atoms with van der Waals surface area (Å²) in [6.07, 6.45) is 7.99. The number of likely N-dealkylation sites (tertiary alicyclic amines) is 3. The zero-order valence-electron chi connectivity index (χ0n) is 19.4. The molecule has 3 fully saturated rings. The van der Waals surface area contributed by atoms with E-state index in [1.54, 1.807) is 6.92 Å². The van der Waals surface area contributed by atoms with E-state index < -0.39 is 0 Å². The summed E-state index contributed by atoms with van der Waals surface area (Å²) >= 11 is 0. The number of carbonyl (C=O) groups is 2. The number of rotatable bonds is 3. The van der Waals surface area contributed by atoms with Gasteiger partial charge in [0.05, 0.1) is 0 Å². The first-order chi connectivity index (χ1) is 15.5. The first-order valence-corrected chi connectivity index (χ1v) is 12.6. The van der Waals surface area contributed by atoms with Gasteiger partial charge in [-0.1, -0.05) is 18.2 Å². The molecule has 6 nitrogen and oxygen atoms in total. The third kappa shape index (κ3) is 4.39. The van der Waals surface area contributed by atoms with Crippen molar-refractivity contribution in [3.05, 3.63) is 29.8 Å². The van der Waals surface area contributed by atoms with E-state index in [0.717, 1.165) is 64.0 Å². The number of para-hydroxylation sites is 1. The van der Waals surface area contributed by atoms with Gasteiger partial charge >= 0.3 is 0 Å². The molecule has 0 radical (unpaired) electrons. The number of hydrogen-bond donors (Lipinski definition) is 0. The maximum absolute atomic E-state index is 13.3. The minimum atomic E-state index is -0.256. The molecule has 2 amide bonds. The van der Waals surface area contributed by atoms with Crippen LogP contribution in [0.15, 0.2) is 24.3 Å². The predicted molar refractivity (Wildman–Crippen MR) is 124 cm³/mol. The molecule has 5 rings (SSSR count). The Morgan fingerprint density at radius 2 is 1.66 bits per heavy atom. The predicted octanol–water partition coefficient (Wildman–Crippen LogP) is 3.41. The number of nitrogens with zero attached hydrogens (tertiary/aromatic N) is 3. The highest BCUT2D eigenvalue weighted by molar-refractivity contribution is 5.77. The summed E-state index contributed by atoms with van der Waals surface area (Å²) in [4.78, 5) is 31.8. The van der Waals surface area contributed by atoms with E-state index in [0.29, 0.717) is 18.4 Å². The Bertz CT molecular complexity index is 834. The normalized spacial score (nSPS) is 26.1. The molecular weight excluding hydrogens is 402 g/mol. The van der Waals surface area contributed by atoms with Crippen LogP contribution in [0.5, 0.6) is 5.75 Å². The zero-order valence-corrected chi connectivity index (χ0v) is 19.4.